The lowest BCUT2D eigenvalue weighted by Gasteiger charge is -2.12. The Morgan fingerprint density at radius 2 is 2.05 bits per heavy atom. The Morgan fingerprint density at radius 1 is 1.23 bits per heavy atom. The summed E-state index contributed by atoms with van der Waals surface area (Å²) in [5, 5.41) is 10.1. The van der Waals surface area contributed by atoms with Crippen molar-refractivity contribution in [1.82, 2.24) is 5.32 Å². The molecule has 0 aliphatic rings. The molecule has 1 heterocycles. The normalized spacial score (nSPS) is 9.91. The maximum absolute atomic E-state index is 11.9. The molecule has 1 aromatic heterocycles. The number of urea groups is 1. The highest BCUT2D eigenvalue weighted by atomic mass is 32.1. The van der Waals surface area contributed by atoms with Crippen LogP contribution in [-0.2, 0) is 11.3 Å². The predicted molar refractivity (Wildman–Crippen MR) is 87.5 cm³/mol. The zero-order valence-corrected chi connectivity index (χ0v) is 13.1. The second kappa shape index (κ2) is 7.46. The van der Waals surface area contributed by atoms with E-state index in [1.54, 1.807) is 29.5 Å². The first kappa shape index (κ1) is 15.8. The fourth-order valence-corrected chi connectivity index (χ4v) is 2.48. The molecule has 0 radical (unpaired) electrons. The number of benzene rings is 1. The first-order valence-electron chi connectivity index (χ1n) is 6.61. The van der Waals surface area contributed by atoms with Gasteiger partial charge in [0.25, 0.3) is 0 Å². The molecule has 0 bridgehead atoms. The highest BCUT2D eigenvalue weighted by Gasteiger charge is 2.09. The van der Waals surface area contributed by atoms with Crippen molar-refractivity contribution in [2.75, 3.05) is 17.7 Å². The molecule has 0 aliphatic heterocycles. The quantitative estimate of drug-likeness (QED) is 0.792. The summed E-state index contributed by atoms with van der Waals surface area (Å²) in [5.41, 5.74) is 1.07. The van der Waals surface area contributed by atoms with Crippen LogP contribution in [0.4, 0.5) is 16.2 Å². The summed E-state index contributed by atoms with van der Waals surface area (Å²) in [7, 11) is 1.52. The third-order valence-corrected chi connectivity index (χ3v) is 3.65. The lowest BCUT2D eigenvalue weighted by Crippen LogP contribution is -2.28. The van der Waals surface area contributed by atoms with E-state index >= 15 is 0 Å². The molecule has 0 fully saturated rings. The fourth-order valence-electron chi connectivity index (χ4n) is 1.83. The van der Waals surface area contributed by atoms with Gasteiger partial charge in [0.15, 0.2) is 0 Å². The van der Waals surface area contributed by atoms with Crippen molar-refractivity contribution in [3.05, 3.63) is 40.6 Å². The summed E-state index contributed by atoms with van der Waals surface area (Å²) in [5.74, 6) is 0.332. The number of nitrogens with one attached hydrogen (secondary N) is 3. The van der Waals surface area contributed by atoms with Gasteiger partial charge in [-0.15, -0.1) is 11.3 Å². The number of anilines is 2. The molecule has 3 N–H and O–H groups in total. The summed E-state index contributed by atoms with van der Waals surface area (Å²) in [6.45, 7) is 1.88. The van der Waals surface area contributed by atoms with Gasteiger partial charge < -0.3 is 20.7 Å². The number of thiophene rings is 1. The van der Waals surface area contributed by atoms with Crippen LogP contribution in [0, 0.1) is 0 Å². The Morgan fingerprint density at radius 3 is 2.68 bits per heavy atom. The zero-order valence-electron chi connectivity index (χ0n) is 12.3. The van der Waals surface area contributed by atoms with Gasteiger partial charge in [0.05, 0.1) is 19.3 Å². The minimum atomic E-state index is -0.341. The second-order valence-electron chi connectivity index (χ2n) is 4.48. The van der Waals surface area contributed by atoms with Gasteiger partial charge in [-0.05, 0) is 29.6 Å². The van der Waals surface area contributed by atoms with E-state index in [0.29, 0.717) is 23.7 Å². The molecule has 0 saturated heterocycles. The molecular formula is C15H17N3O3S. The highest BCUT2D eigenvalue weighted by Crippen LogP contribution is 2.27. The lowest BCUT2D eigenvalue weighted by atomic mass is 10.2. The van der Waals surface area contributed by atoms with Crippen LogP contribution in [0.1, 0.15) is 11.8 Å². The molecule has 2 aromatic rings. The maximum Gasteiger partial charge on any atom is 0.319 e. The Kier molecular flexibility index (Phi) is 5.37. The van der Waals surface area contributed by atoms with E-state index in [0.717, 1.165) is 4.88 Å². The van der Waals surface area contributed by atoms with E-state index < -0.39 is 0 Å². The van der Waals surface area contributed by atoms with E-state index in [4.69, 9.17) is 4.74 Å². The maximum atomic E-state index is 11.9. The van der Waals surface area contributed by atoms with Gasteiger partial charge in [0.2, 0.25) is 5.91 Å². The number of hydrogen-bond donors (Lipinski definition) is 3. The van der Waals surface area contributed by atoms with Gasteiger partial charge >= 0.3 is 6.03 Å². The summed E-state index contributed by atoms with van der Waals surface area (Å²) in [6, 6.07) is 8.56. The monoisotopic (exact) mass is 319 g/mol. The van der Waals surface area contributed by atoms with Crippen LogP contribution < -0.4 is 20.7 Å². The predicted octanol–water partition coefficient (Wildman–Crippen LogP) is 3.04. The Balaban J connectivity index is 2.02. The lowest BCUT2D eigenvalue weighted by molar-refractivity contribution is -0.114. The summed E-state index contributed by atoms with van der Waals surface area (Å²) in [6.07, 6.45) is 0. The minimum absolute atomic E-state index is 0.182. The van der Waals surface area contributed by atoms with Gasteiger partial charge in [0.1, 0.15) is 5.75 Å². The van der Waals surface area contributed by atoms with Crippen LogP contribution in [0.25, 0.3) is 0 Å². The summed E-state index contributed by atoms with van der Waals surface area (Å²) < 4.78 is 5.20. The standard InChI is InChI=1S/C15H17N3O3S/c1-10(19)17-11-5-6-14(21-2)13(8-11)18-15(20)16-9-12-4-3-7-22-12/h3-8H,9H2,1-2H3,(H,17,19)(H2,16,18,20). The number of rotatable bonds is 5. The summed E-state index contributed by atoms with van der Waals surface area (Å²) >= 11 is 1.57. The van der Waals surface area contributed by atoms with Gasteiger partial charge in [0, 0.05) is 17.5 Å². The van der Waals surface area contributed by atoms with Crippen LogP contribution in [-0.4, -0.2) is 19.0 Å². The van der Waals surface area contributed by atoms with Crippen molar-refractivity contribution >= 4 is 34.6 Å². The average Bonchev–Trinajstić information content (AvgIpc) is 2.98. The molecule has 0 atom stereocenters. The number of carbonyl (C=O) groups excluding carboxylic acids is 2. The summed E-state index contributed by atoms with van der Waals surface area (Å²) in [4.78, 5) is 24.1. The SMILES string of the molecule is COc1ccc(NC(C)=O)cc1NC(=O)NCc1cccs1. The van der Waals surface area contributed by atoms with E-state index in [2.05, 4.69) is 16.0 Å². The number of hydrogen-bond acceptors (Lipinski definition) is 4. The molecule has 22 heavy (non-hydrogen) atoms. The van der Waals surface area contributed by atoms with Crippen LogP contribution in [0.2, 0.25) is 0 Å². The van der Waals surface area contributed by atoms with E-state index in [9.17, 15) is 9.59 Å². The van der Waals surface area contributed by atoms with Crippen LogP contribution in [0.3, 0.4) is 0 Å². The van der Waals surface area contributed by atoms with E-state index in [1.807, 2.05) is 17.5 Å². The zero-order chi connectivity index (χ0) is 15.9. The van der Waals surface area contributed by atoms with Gasteiger partial charge in [-0.2, -0.15) is 0 Å². The topological polar surface area (TPSA) is 79.5 Å². The van der Waals surface area contributed by atoms with Crippen molar-refractivity contribution in [2.45, 2.75) is 13.5 Å². The van der Waals surface area contributed by atoms with Crippen LogP contribution in [0.5, 0.6) is 5.75 Å². The van der Waals surface area contributed by atoms with Crippen molar-refractivity contribution in [3.63, 3.8) is 0 Å². The van der Waals surface area contributed by atoms with Crippen molar-refractivity contribution in [2.24, 2.45) is 0 Å². The number of methoxy groups -OCH3 is 1. The molecule has 3 amide bonds. The molecule has 0 saturated carbocycles. The van der Waals surface area contributed by atoms with Gasteiger partial charge in [-0.1, -0.05) is 6.07 Å². The Bertz CT molecular complexity index is 656. The molecule has 1 aromatic carbocycles. The number of carbonyl (C=O) groups is 2. The van der Waals surface area contributed by atoms with Gasteiger partial charge in [-0.3, -0.25) is 4.79 Å². The molecular weight excluding hydrogens is 302 g/mol. The van der Waals surface area contributed by atoms with Crippen molar-refractivity contribution < 1.29 is 14.3 Å². The van der Waals surface area contributed by atoms with Crippen LogP contribution >= 0.6 is 11.3 Å². The Hall–Kier alpha value is -2.54. The fraction of sp³-hybridized carbons (Fsp3) is 0.200. The molecule has 0 spiro atoms. The first-order valence-corrected chi connectivity index (χ1v) is 7.49. The minimum Gasteiger partial charge on any atom is -0.495 e. The first-order chi connectivity index (χ1) is 10.6. The number of ether oxygens (including phenoxy) is 1. The Labute approximate surface area is 132 Å². The molecule has 0 aliphatic carbocycles. The van der Waals surface area contributed by atoms with Crippen molar-refractivity contribution in [1.29, 1.82) is 0 Å². The number of amides is 3. The molecule has 7 heteroatoms. The second-order valence-corrected chi connectivity index (χ2v) is 5.52. The smallest absolute Gasteiger partial charge is 0.319 e. The largest absolute Gasteiger partial charge is 0.495 e. The molecule has 2 rings (SSSR count). The van der Waals surface area contributed by atoms with E-state index in [1.165, 1.54) is 14.0 Å². The molecule has 6 nitrogen and oxygen atoms in total. The van der Waals surface area contributed by atoms with E-state index in [-0.39, 0.29) is 11.9 Å². The third-order valence-electron chi connectivity index (χ3n) is 2.77. The molecule has 0 unspecified atom stereocenters. The van der Waals surface area contributed by atoms with Crippen LogP contribution in [0.15, 0.2) is 35.7 Å². The molecule has 116 valence electrons. The highest BCUT2D eigenvalue weighted by molar-refractivity contribution is 7.09. The van der Waals surface area contributed by atoms with Gasteiger partial charge in [-0.25, -0.2) is 4.79 Å². The van der Waals surface area contributed by atoms with Crippen molar-refractivity contribution in [3.8, 4) is 5.75 Å². The third kappa shape index (κ3) is 4.49. The average molecular weight is 319 g/mol.